The smallest absolute Gasteiger partial charge is 0.301 e. The highest BCUT2D eigenvalue weighted by Gasteiger charge is 2.18. The second-order valence-electron chi connectivity index (χ2n) is 3.16. The van der Waals surface area contributed by atoms with E-state index in [1.165, 1.54) is 6.07 Å². The van der Waals surface area contributed by atoms with Crippen LogP contribution in [0.5, 0.6) is 0 Å². The van der Waals surface area contributed by atoms with Gasteiger partial charge in [-0.15, -0.1) is 0 Å². The van der Waals surface area contributed by atoms with Crippen molar-refractivity contribution in [3.05, 3.63) is 40.7 Å². The summed E-state index contributed by atoms with van der Waals surface area (Å²) in [6, 6.07) is 4.63. The van der Waals surface area contributed by atoms with E-state index in [1.54, 1.807) is 31.6 Å². The molecule has 0 atom stereocenters. The zero-order valence-electron chi connectivity index (χ0n) is 9.40. The Morgan fingerprint density at radius 1 is 1.33 bits per heavy atom. The van der Waals surface area contributed by atoms with Gasteiger partial charge in [0.05, 0.1) is 4.92 Å². The number of nitro groups is 1. The molecule has 2 aromatic rings. The van der Waals surface area contributed by atoms with Crippen molar-refractivity contribution in [3.8, 4) is 0 Å². The highest BCUT2D eigenvalue weighted by Crippen LogP contribution is 2.31. The van der Waals surface area contributed by atoms with Gasteiger partial charge in [0.2, 0.25) is 0 Å². The fourth-order valence-corrected chi connectivity index (χ4v) is 2.00. The molecule has 0 radical (unpaired) electrons. The molecule has 18 heavy (non-hydrogen) atoms. The van der Waals surface area contributed by atoms with Crippen LogP contribution >= 0.6 is 11.8 Å². The van der Waals surface area contributed by atoms with Crippen molar-refractivity contribution >= 4 is 23.3 Å². The lowest BCUT2D eigenvalue weighted by molar-refractivity contribution is -0.388. The minimum Gasteiger partial charge on any atom is -0.373 e. The third kappa shape index (κ3) is 2.72. The zero-order chi connectivity index (χ0) is 13.0. The van der Waals surface area contributed by atoms with Gasteiger partial charge in [0, 0.05) is 25.5 Å². The molecule has 0 aliphatic rings. The van der Waals surface area contributed by atoms with E-state index in [0.717, 1.165) is 11.8 Å². The molecule has 0 fully saturated rings. The summed E-state index contributed by atoms with van der Waals surface area (Å²) in [5, 5.41) is 14.4. The maximum absolute atomic E-state index is 10.9. The first kappa shape index (κ1) is 12.2. The maximum Gasteiger partial charge on any atom is 0.301 e. The normalized spacial score (nSPS) is 10.1. The number of nitrogens with zero attached hydrogens (tertiary/aromatic N) is 4. The van der Waals surface area contributed by atoms with Crippen LogP contribution in [0.2, 0.25) is 0 Å². The molecule has 7 nitrogen and oxygen atoms in total. The average Bonchev–Trinajstić information content (AvgIpc) is 2.39. The number of hydrogen-bond acceptors (Lipinski definition) is 7. The minimum absolute atomic E-state index is 0.0635. The minimum atomic E-state index is -0.474. The summed E-state index contributed by atoms with van der Waals surface area (Å²) in [6.07, 6.45) is 3.15. The summed E-state index contributed by atoms with van der Waals surface area (Å²) in [4.78, 5) is 22.6. The van der Waals surface area contributed by atoms with Crippen LogP contribution in [0.4, 0.5) is 11.5 Å². The van der Waals surface area contributed by atoms with Crippen molar-refractivity contribution in [1.82, 2.24) is 15.0 Å². The van der Waals surface area contributed by atoms with E-state index in [1.807, 2.05) is 0 Å². The summed E-state index contributed by atoms with van der Waals surface area (Å²) < 4.78 is 0. The second kappa shape index (κ2) is 5.41. The van der Waals surface area contributed by atoms with Crippen LogP contribution < -0.4 is 5.32 Å². The third-order valence-electron chi connectivity index (χ3n) is 2.02. The lowest BCUT2D eigenvalue weighted by Crippen LogP contribution is -1.98. The van der Waals surface area contributed by atoms with Gasteiger partial charge in [-0.3, -0.25) is 10.1 Å². The first-order valence-electron chi connectivity index (χ1n) is 4.99. The third-order valence-corrected chi connectivity index (χ3v) is 2.91. The Morgan fingerprint density at radius 2 is 2.06 bits per heavy atom. The molecule has 92 valence electrons. The van der Waals surface area contributed by atoms with E-state index in [4.69, 9.17) is 0 Å². The van der Waals surface area contributed by atoms with Crippen LogP contribution in [0.15, 0.2) is 40.8 Å². The van der Waals surface area contributed by atoms with E-state index in [9.17, 15) is 10.1 Å². The molecule has 0 amide bonds. The van der Waals surface area contributed by atoms with E-state index in [2.05, 4.69) is 20.3 Å². The Balaban J connectivity index is 2.38. The van der Waals surface area contributed by atoms with Crippen LogP contribution in [0.3, 0.4) is 0 Å². The fourth-order valence-electron chi connectivity index (χ4n) is 1.21. The topological polar surface area (TPSA) is 93.8 Å². The van der Waals surface area contributed by atoms with E-state index < -0.39 is 4.92 Å². The standard InChI is InChI=1S/C10H9N5O2S/c1-11-8-4-3-7(15(16)17)9(14-8)18-10-12-5-2-6-13-10/h2-6H,1H3,(H,11,14). The summed E-state index contributed by atoms with van der Waals surface area (Å²) in [7, 11) is 1.70. The van der Waals surface area contributed by atoms with Crippen LogP contribution in [-0.2, 0) is 0 Å². The van der Waals surface area contributed by atoms with Gasteiger partial charge in [-0.05, 0) is 23.9 Å². The number of aromatic nitrogens is 3. The monoisotopic (exact) mass is 263 g/mol. The lowest BCUT2D eigenvalue weighted by atomic mass is 10.4. The predicted octanol–water partition coefficient (Wildman–Crippen LogP) is 1.97. The summed E-state index contributed by atoms with van der Waals surface area (Å²) in [5.41, 5.74) is -0.0635. The van der Waals surface area contributed by atoms with Crippen molar-refractivity contribution < 1.29 is 4.92 Å². The molecule has 0 aliphatic heterocycles. The van der Waals surface area contributed by atoms with Gasteiger partial charge in [0.25, 0.3) is 0 Å². The fraction of sp³-hybridized carbons (Fsp3) is 0.100. The number of pyridine rings is 1. The number of hydrogen-bond donors (Lipinski definition) is 1. The van der Waals surface area contributed by atoms with Gasteiger partial charge in [0.15, 0.2) is 10.2 Å². The van der Waals surface area contributed by atoms with E-state index in [0.29, 0.717) is 11.0 Å². The molecule has 0 aromatic carbocycles. The lowest BCUT2D eigenvalue weighted by Gasteiger charge is -2.03. The molecular weight excluding hydrogens is 254 g/mol. The van der Waals surface area contributed by atoms with E-state index >= 15 is 0 Å². The van der Waals surface area contributed by atoms with E-state index in [-0.39, 0.29) is 10.7 Å². The Morgan fingerprint density at radius 3 is 2.67 bits per heavy atom. The zero-order valence-corrected chi connectivity index (χ0v) is 10.2. The second-order valence-corrected chi connectivity index (χ2v) is 4.12. The largest absolute Gasteiger partial charge is 0.373 e. The Hall–Kier alpha value is -2.22. The molecular formula is C10H9N5O2S. The first-order valence-corrected chi connectivity index (χ1v) is 5.80. The van der Waals surface area contributed by atoms with Crippen LogP contribution in [0, 0.1) is 10.1 Å². The molecule has 0 bridgehead atoms. The molecule has 0 saturated heterocycles. The first-order chi connectivity index (χ1) is 8.70. The van der Waals surface area contributed by atoms with Crippen molar-refractivity contribution in [2.45, 2.75) is 10.2 Å². The van der Waals surface area contributed by atoms with Crippen LogP contribution in [-0.4, -0.2) is 26.9 Å². The Kier molecular flexibility index (Phi) is 3.68. The molecule has 2 rings (SSSR count). The quantitative estimate of drug-likeness (QED) is 0.512. The van der Waals surface area contributed by atoms with Crippen LogP contribution in [0.25, 0.3) is 0 Å². The number of anilines is 1. The van der Waals surface area contributed by atoms with Gasteiger partial charge < -0.3 is 5.32 Å². The summed E-state index contributed by atoms with van der Waals surface area (Å²) in [6.45, 7) is 0. The molecule has 0 saturated carbocycles. The Labute approximate surface area is 107 Å². The van der Waals surface area contributed by atoms with Crippen LogP contribution in [0.1, 0.15) is 0 Å². The van der Waals surface area contributed by atoms with Gasteiger partial charge in [0.1, 0.15) is 5.82 Å². The predicted molar refractivity (Wildman–Crippen MR) is 66.6 cm³/mol. The number of rotatable bonds is 4. The highest BCUT2D eigenvalue weighted by molar-refractivity contribution is 7.99. The molecule has 2 heterocycles. The number of nitrogens with one attached hydrogen (secondary N) is 1. The summed E-state index contributed by atoms with van der Waals surface area (Å²) >= 11 is 1.06. The van der Waals surface area contributed by atoms with Gasteiger partial charge >= 0.3 is 5.69 Å². The van der Waals surface area contributed by atoms with Crippen molar-refractivity contribution in [1.29, 1.82) is 0 Å². The molecule has 1 N–H and O–H groups in total. The molecule has 0 unspecified atom stereocenters. The average molecular weight is 263 g/mol. The summed E-state index contributed by atoms with van der Waals surface area (Å²) in [5.74, 6) is 0.555. The molecule has 0 spiro atoms. The molecule has 0 aliphatic carbocycles. The van der Waals surface area contributed by atoms with Gasteiger partial charge in [-0.1, -0.05) is 0 Å². The molecule has 8 heteroatoms. The highest BCUT2D eigenvalue weighted by atomic mass is 32.2. The Bertz CT molecular complexity index is 563. The maximum atomic E-state index is 10.9. The molecule has 2 aromatic heterocycles. The SMILES string of the molecule is CNc1ccc([N+](=O)[O-])c(Sc2ncccn2)n1. The van der Waals surface area contributed by atoms with Crippen molar-refractivity contribution in [3.63, 3.8) is 0 Å². The van der Waals surface area contributed by atoms with Gasteiger partial charge in [-0.25, -0.2) is 15.0 Å². The van der Waals surface area contributed by atoms with Crippen molar-refractivity contribution in [2.24, 2.45) is 0 Å². The van der Waals surface area contributed by atoms with Crippen molar-refractivity contribution in [2.75, 3.05) is 12.4 Å². The van der Waals surface area contributed by atoms with Gasteiger partial charge in [-0.2, -0.15) is 0 Å².